The van der Waals surface area contributed by atoms with Gasteiger partial charge >= 0.3 is 5.97 Å². The molecule has 3 nitrogen and oxygen atoms in total. The zero-order chi connectivity index (χ0) is 22.8. The van der Waals surface area contributed by atoms with E-state index in [1.807, 2.05) is 0 Å². The Morgan fingerprint density at radius 2 is 1.00 bits per heavy atom. The predicted octanol–water partition coefficient (Wildman–Crippen LogP) is 9.02. The van der Waals surface area contributed by atoms with Crippen molar-refractivity contribution in [1.82, 2.24) is 0 Å². The largest absolute Gasteiger partial charge is 0.463 e. The zero-order valence-corrected chi connectivity index (χ0v) is 21.6. The molecular weight excluding hydrogens is 384 g/mol. The first kappa shape index (κ1) is 30.4. The van der Waals surface area contributed by atoms with E-state index in [1.165, 1.54) is 96.3 Å². The maximum absolute atomic E-state index is 12.0. The van der Waals surface area contributed by atoms with Gasteiger partial charge in [0.2, 0.25) is 0 Å². The minimum atomic E-state index is -0.0399. The lowest BCUT2D eigenvalue weighted by molar-refractivity contribution is -0.150. The minimum Gasteiger partial charge on any atom is -0.463 e. The van der Waals surface area contributed by atoms with Crippen molar-refractivity contribution in [3.63, 3.8) is 0 Å². The maximum Gasteiger partial charge on any atom is 0.308 e. The fraction of sp³-hybridized carbons (Fsp3) is 0.964. The van der Waals surface area contributed by atoms with Gasteiger partial charge in [-0.1, -0.05) is 130 Å². The number of hydrogen-bond acceptors (Lipinski definition) is 3. The van der Waals surface area contributed by atoms with Gasteiger partial charge in [0.05, 0.1) is 12.5 Å². The monoisotopic (exact) mass is 440 g/mol. The van der Waals surface area contributed by atoms with Crippen LogP contribution in [0.4, 0.5) is 0 Å². The van der Waals surface area contributed by atoms with Crippen LogP contribution < -0.4 is 0 Å². The molecule has 186 valence electrons. The SMILES string of the molecule is CCCCCCCCCCCCCCCCCCOCCOC(=O)C(CC)CCCC. The maximum atomic E-state index is 12.0. The Kier molecular flexibility index (Phi) is 25.2. The summed E-state index contributed by atoms with van der Waals surface area (Å²) in [5, 5.41) is 0. The first-order valence-corrected chi connectivity index (χ1v) is 14.0. The number of rotatable bonds is 25. The van der Waals surface area contributed by atoms with Crippen molar-refractivity contribution in [2.24, 2.45) is 5.92 Å². The number of hydrogen-bond donors (Lipinski definition) is 0. The van der Waals surface area contributed by atoms with Gasteiger partial charge in [-0.15, -0.1) is 0 Å². The molecule has 0 aromatic rings. The highest BCUT2D eigenvalue weighted by Crippen LogP contribution is 2.15. The molecule has 0 spiro atoms. The van der Waals surface area contributed by atoms with Gasteiger partial charge in [0.25, 0.3) is 0 Å². The molecule has 1 unspecified atom stereocenters. The topological polar surface area (TPSA) is 35.5 Å². The average molecular weight is 441 g/mol. The van der Waals surface area contributed by atoms with Crippen LogP contribution in [0.3, 0.4) is 0 Å². The molecule has 0 heterocycles. The zero-order valence-electron chi connectivity index (χ0n) is 21.6. The van der Waals surface area contributed by atoms with Gasteiger partial charge in [-0.25, -0.2) is 0 Å². The normalized spacial score (nSPS) is 12.2. The average Bonchev–Trinajstić information content (AvgIpc) is 2.78. The summed E-state index contributed by atoms with van der Waals surface area (Å²) in [6.45, 7) is 8.24. The standard InChI is InChI=1S/C28H56O3/c1-4-7-9-10-11-12-13-14-15-16-17-18-19-20-21-22-24-30-25-26-31-28(29)27(6-3)23-8-5-2/h27H,4-26H2,1-3H3. The summed E-state index contributed by atoms with van der Waals surface area (Å²) in [7, 11) is 0. The number of unbranched alkanes of at least 4 members (excludes halogenated alkanes) is 16. The molecule has 0 saturated heterocycles. The molecule has 0 aromatic carbocycles. The molecule has 1 atom stereocenters. The van der Waals surface area contributed by atoms with Crippen molar-refractivity contribution in [1.29, 1.82) is 0 Å². The minimum absolute atomic E-state index is 0.0399. The molecule has 0 aliphatic heterocycles. The second-order valence-corrected chi connectivity index (χ2v) is 9.33. The Labute approximate surface area is 195 Å². The predicted molar refractivity (Wildman–Crippen MR) is 135 cm³/mol. The lowest BCUT2D eigenvalue weighted by atomic mass is 10.00. The van der Waals surface area contributed by atoms with E-state index < -0.39 is 0 Å². The van der Waals surface area contributed by atoms with Crippen LogP contribution in [-0.4, -0.2) is 25.8 Å². The van der Waals surface area contributed by atoms with E-state index in [2.05, 4.69) is 20.8 Å². The van der Waals surface area contributed by atoms with Gasteiger partial charge < -0.3 is 9.47 Å². The summed E-state index contributed by atoms with van der Waals surface area (Å²) < 4.78 is 11.0. The van der Waals surface area contributed by atoms with Crippen LogP contribution in [0.2, 0.25) is 0 Å². The molecule has 31 heavy (non-hydrogen) atoms. The van der Waals surface area contributed by atoms with Gasteiger partial charge in [0.15, 0.2) is 0 Å². The van der Waals surface area contributed by atoms with Crippen molar-refractivity contribution in [3.8, 4) is 0 Å². The summed E-state index contributed by atoms with van der Waals surface area (Å²) in [5.41, 5.74) is 0. The number of ether oxygens (including phenoxy) is 2. The highest BCUT2D eigenvalue weighted by Gasteiger charge is 2.16. The summed E-state index contributed by atoms with van der Waals surface area (Å²) in [6.07, 6.45) is 26.3. The summed E-state index contributed by atoms with van der Waals surface area (Å²) in [5.74, 6) is 0.0298. The molecule has 0 aromatic heterocycles. The molecule has 3 heteroatoms. The number of carbonyl (C=O) groups is 1. The highest BCUT2D eigenvalue weighted by atomic mass is 16.6. The van der Waals surface area contributed by atoms with Crippen LogP contribution >= 0.6 is 0 Å². The summed E-state index contributed by atoms with van der Waals surface area (Å²) in [4.78, 5) is 12.0. The Hall–Kier alpha value is -0.570. The fourth-order valence-electron chi connectivity index (χ4n) is 4.11. The molecule has 0 amide bonds. The quantitative estimate of drug-likeness (QED) is 0.105. The van der Waals surface area contributed by atoms with Crippen molar-refractivity contribution in [2.45, 2.75) is 149 Å². The summed E-state index contributed by atoms with van der Waals surface area (Å²) >= 11 is 0. The molecule has 0 aliphatic rings. The van der Waals surface area contributed by atoms with Crippen molar-refractivity contribution in [3.05, 3.63) is 0 Å². The Balaban J connectivity index is 3.21. The number of carbonyl (C=O) groups excluding carboxylic acids is 1. The van der Waals surface area contributed by atoms with E-state index in [-0.39, 0.29) is 11.9 Å². The van der Waals surface area contributed by atoms with Crippen LogP contribution in [-0.2, 0) is 14.3 Å². The third kappa shape index (κ3) is 22.4. The molecule has 0 rings (SSSR count). The molecule has 0 fully saturated rings. The first-order valence-electron chi connectivity index (χ1n) is 14.0. The molecule has 0 saturated carbocycles. The van der Waals surface area contributed by atoms with Crippen molar-refractivity contribution < 1.29 is 14.3 Å². The lowest BCUT2D eigenvalue weighted by Crippen LogP contribution is -2.19. The molecule has 0 bridgehead atoms. The van der Waals surface area contributed by atoms with E-state index in [0.717, 1.165) is 38.7 Å². The van der Waals surface area contributed by atoms with E-state index >= 15 is 0 Å². The second kappa shape index (κ2) is 25.7. The summed E-state index contributed by atoms with van der Waals surface area (Å²) in [6, 6.07) is 0. The van der Waals surface area contributed by atoms with E-state index in [4.69, 9.17) is 9.47 Å². The van der Waals surface area contributed by atoms with E-state index in [0.29, 0.717) is 13.2 Å². The Morgan fingerprint density at radius 3 is 1.45 bits per heavy atom. The van der Waals surface area contributed by atoms with E-state index in [9.17, 15) is 4.79 Å². The Bertz CT molecular complexity index is 356. The van der Waals surface area contributed by atoms with Crippen molar-refractivity contribution in [2.75, 3.05) is 19.8 Å². The number of esters is 1. The first-order chi connectivity index (χ1) is 15.3. The van der Waals surface area contributed by atoms with E-state index in [1.54, 1.807) is 0 Å². The van der Waals surface area contributed by atoms with Crippen molar-refractivity contribution >= 4 is 5.97 Å². The van der Waals surface area contributed by atoms with Crippen LogP contribution in [0.25, 0.3) is 0 Å². The van der Waals surface area contributed by atoms with Gasteiger partial charge in [0.1, 0.15) is 6.61 Å². The third-order valence-electron chi connectivity index (χ3n) is 6.35. The van der Waals surface area contributed by atoms with Gasteiger partial charge in [0, 0.05) is 6.61 Å². The van der Waals surface area contributed by atoms with Crippen LogP contribution in [0.5, 0.6) is 0 Å². The van der Waals surface area contributed by atoms with Crippen LogP contribution in [0.15, 0.2) is 0 Å². The van der Waals surface area contributed by atoms with Gasteiger partial charge in [-0.2, -0.15) is 0 Å². The van der Waals surface area contributed by atoms with Crippen LogP contribution in [0.1, 0.15) is 149 Å². The highest BCUT2D eigenvalue weighted by molar-refractivity contribution is 5.72. The second-order valence-electron chi connectivity index (χ2n) is 9.33. The lowest BCUT2D eigenvalue weighted by Gasteiger charge is -2.13. The van der Waals surface area contributed by atoms with Crippen LogP contribution in [0, 0.1) is 5.92 Å². The molecule has 0 N–H and O–H groups in total. The van der Waals surface area contributed by atoms with Gasteiger partial charge in [-0.05, 0) is 19.3 Å². The fourth-order valence-corrected chi connectivity index (χ4v) is 4.11. The smallest absolute Gasteiger partial charge is 0.308 e. The Morgan fingerprint density at radius 1 is 0.548 bits per heavy atom. The third-order valence-corrected chi connectivity index (χ3v) is 6.35. The van der Waals surface area contributed by atoms with Gasteiger partial charge in [-0.3, -0.25) is 4.79 Å². The molecular formula is C28H56O3. The molecule has 0 aliphatic carbocycles. The molecule has 0 radical (unpaired) electrons.